The van der Waals surface area contributed by atoms with Crippen LogP contribution < -0.4 is 5.32 Å². The molecule has 92 valence electrons. The molecule has 0 saturated heterocycles. The van der Waals surface area contributed by atoms with Gasteiger partial charge in [-0.25, -0.2) is 0 Å². The predicted octanol–water partition coefficient (Wildman–Crippen LogP) is 2.86. The van der Waals surface area contributed by atoms with Crippen molar-refractivity contribution in [1.29, 1.82) is 0 Å². The second-order valence-corrected chi connectivity index (χ2v) is 6.31. The van der Waals surface area contributed by atoms with Gasteiger partial charge < -0.3 is 10.4 Å². The summed E-state index contributed by atoms with van der Waals surface area (Å²) in [6.07, 6.45) is 0.648. The van der Waals surface area contributed by atoms with Crippen LogP contribution in [-0.4, -0.2) is 17.8 Å². The summed E-state index contributed by atoms with van der Waals surface area (Å²) in [5.41, 5.74) is 1.36. The Hall–Kier alpha value is -0.380. The van der Waals surface area contributed by atoms with Crippen LogP contribution in [0.15, 0.2) is 6.07 Å². The minimum Gasteiger partial charge on any atom is -0.392 e. The SMILES string of the molecule is Cc1cc(CNCC(O)CC(C)C)c(C)s1. The lowest BCUT2D eigenvalue weighted by Gasteiger charge is -2.13. The first kappa shape index (κ1) is 13.7. The molecule has 1 aromatic rings. The molecule has 0 aliphatic carbocycles. The molecule has 16 heavy (non-hydrogen) atoms. The van der Waals surface area contributed by atoms with E-state index >= 15 is 0 Å². The van der Waals surface area contributed by atoms with Gasteiger partial charge in [-0.3, -0.25) is 0 Å². The van der Waals surface area contributed by atoms with Crippen molar-refractivity contribution in [1.82, 2.24) is 5.32 Å². The highest BCUT2D eigenvalue weighted by atomic mass is 32.1. The van der Waals surface area contributed by atoms with Crippen LogP contribution in [0.4, 0.5) is 0 Å². The summed E-state index contributed by atoms with van der Waals surface area (Å²) in [7, 11) is 0. The Kier molecular flexibility index (Phi) is 5.46. The van der Waals surface area contributed by atoms with Gasteiger partial charge in [-0.2, -0.15) is 0 Å². The van der Waals surface area contributed by atoms with Crippen molar-refractivity contribution in [2.24, 2.45) is 5.92 Å². The lowest BCUT2D eigenvalue weighted by molar-refractivity contribution is 0.146. The van der Waals surface area contributed by atoms with E-state index < -0.39 is 0 Å². The molecule has 3 heteroatoms. The maximum absolute atomic E-state index is 9.71. The summed E-state index contributed by atoms with van der Waals surface area (Å²) >= 11 is 1.84. The molecule has 0 bridgehead atoms. The van der Waals surface area contributed by atoms with Crippen molar-refractivity contribution in [2.45, 2.75) is 46.8 Å². The van der Waals surface area contributed by atoms with Crippen LogP contribution in [-0.2, 0) is 6.54 Å². The van der Waals surface area contributed by atoms with Gasteiger partial charge >= 0.3 is 0 Å². The van der Waals surface area contributed by atoms with E-state index in [-0.39, 0.29) is 6.10 Å². The fourth-order valence-corrected chi connectivity index (χ4v) is 2.81. The van der Waals surface area contributed by atoms with Gasteiger partial charge in [-0.05, 0) is 37.8 Å². The standard InChI is InChI=1S/C13H23NOS/c1-9(2)5-13(15)8-14-7-12-6-10(3)16-11(12)4/h6,9,13-15H,5,7-8H2,1-4H3. The molecule has 0 spiro atoms. The Morgan fingerprint density at radius 2 is 2.06 bits per heavy atom. The molecule has 1 atom stereocenters. The average molecular weight is 241 g/mol. The number of aliphatic hydroxyl groups excluding tert-OH is 1. The van der Waals surface area contributed by atoms with E-state index in [1.807, 2.05) is 11.3 Å². The van der Waals surface area contributed by atoms with E-state index in [4.69, 9.17) is 0 Å². The van der Waals surface area contributed by atoms with Crippen LogP contribution in [0.3, 0.4) is 0 Å². The van der Waals surface area contributed by atoms with Gasteiger partial charge in [0, 0.05) is 22.8 Å². The number of aliphatic hydroxyl groups is 1. The molecule has 0 amide bonds. The molecule has 0 saturated carbocycles. The number of hydrogen-bond donors (Lipinski definition) is 2. The zero-order chi connectivity index (χ0) is 12.1. The summed E-state index contributed by atoms with van der Waals surface area (Å²) < 4.78 is 0. The van der Waals surface area contributed by atoms with E-state index in [1.165, 1.54) is 15.3 Å². The fraction of sp³-hybridized carbons (Fsp3) is 0.692. The maximum Gasteiger partial charge on any atom is 0.0667 e. The quantitative estimate of drug-likeness (QED) is 0.802. The normalized spacial score (nSPS) is 13.4. The van der Waals surface area contributed by atoms with Crippen LogP contribution in [0.2, 0.25) is 0 Å². The molecule has 0 aliphatic heterocycles. The smallest absolute Gasteiger partial charge is 0.0667 e. The number of thiophene rings is 1. The second-order valence-electron chi connectivity index (χ2n) is 4.85. The van der Waals surface area contributed by atoms with Gasteiger partial charge in [0.1, 0.15) is 0 Å². The lowest BCUT2D eigenvalue weighted by Crippen LogP contribution is -2.27. The third-order valence-corrected chi connectivity index (χ3v) is 3.59. The number of aryl methyl sites for hydroxylation is 2. The molecule has 0 aliphatic rings. The van der Waals surface area contributed by atoms with Gasteiger partial charge in [-0.1, -0.05) is 13.8 Å². The Balaban J connectivity index is 2.27. The molecule has 0 radical (unpaired) electrons. The van der Waals surface area contributed by atoms with Gasteiger partial charge in [0.25, 0.3) is 0 Å². The van der Waals surface area contributed by atoms with E-state index in [0.717, 1.165) is 13.0 Å². The third-order valence-electron chi connectivity index (χ3n) is 2.58. The van der Waals surface area contributed by atoms with Gasteiger partial charge in [0.05, 0.1) is 6.10 Å². The van der Waals surface area contributed by atoms with E-state index in [2.05, 4.69) is 39.1 Å². The van der Waals surface area contributed by atoms with Crippen molar-refractivity contribution in [3.8, 4) is 0 Å². The van der Waals surface area contributed by atoms with Crippen LogP contribution in [0, 0.1) is 19.8 Å². The number of hydrogen-bond acceptors (Lipinski definition) is 3. The molecule has 0 fully saturated rings. The van der Waals surface area contributed by atoms with Crippen molar-refractivity contribution >= 4 is 11.3 Å². The lowest BCUT2D eigenvalue weighted by atomic mass is 10.1. The van der Waals surface area contributed by atoms with Crippen molar-refractivity contribution in [3.05, 3.63) is 21.4 Å². The highest BCUT2D eigenvalue weighted by molar-refractivity contribution is 7.12. The van der Waals surface area contributed by atoms with Gasteiger partial charge in [0.2, 0.25) is 0 Å². The molecule has 0 aromatic carbocycles. The van der Waals surface area contributed by atoms with E-state index in [9.17, 15) is 5.11 Å². The first-order valence-electron chi connectivity index (χ1n) is 5.93. The van der Waals surface area contributed by atoms with Crippen molar-refractivity contribution < 1.29 is 5.11 Å². The highest BCUT2D eigenvalue weighted by Crippen LogP contribution is 2.20. The maximum atomic E-state index is 9.71. The van der Waals surface area contributed by atoms with E-state index in [1.54, 1.807) is 0 Å². The predicted molar refractivity (Wildman–Crippen MR) is 71.0 cm³/mol. The molecule has 1 heterocycles. The Morgan fingerprint density at radius 3 is 2.56 bits per heavy atom. The molecular formula is C13H23NOS. The van der Waals surface area contributed by atoms with Crippen LogP contribution in [0.5, 0.6) is 0 Å². The largest absolute Gasteiger partial charge is 0.392 e. The van der Waals surface area contributed by atoms with Crippen molar-refractivity contribution in [2.75, 3.05) is 6.54 Å². The third kappa shape index (κ3) is 4.64. The van der Waals surface area contributed by atoms with E-state index in [0.29, 0.717) is 12.5 Å². The minimum atomic E-state index is -0.222. The Labute approximate surface area is 103 Å². The van der Waals surface area contributed by atoms with Crippen LogP contribution in [0.25, 0.3) is 0 Å². The summed E-state index contributed by atoms with van der Waals surface area (Å²) in [6.45, 7) is 10.1. The van der Waals surface area contributed by atoms with Crippen molar-refractivity contribution in [3.63, 3.8) is 0 Å². The zero-order valence-electron chi connectivity index (χ0n) is 10.7. The summed E-state index contributed by atoms with van der Waals surface area (Å²) in [6, 6.07) is 2.22. The first-order valence-corrected chi connectivity index (χ1v) is 6.75. The molecule has 1 aromatic heterocycles. The molecule has 1 unspecified atom stereocenters. The first-order chi connectivity index (χ1) is 7.49. The minimum absolute atomic E-state index is 0.222. The zero-order valence-corrected chi connectivity index (χ0v) is 11.5. The second kappa shape index (κ2) is 6.38. The molecule has 2 nitrogen and oxygen atoms in total. The van der Waals surface area contributed by atoms with Crippen LogP contribution >= 0.6 is 11.3 Å². The Bertz CT molecular complexity index is 320. The summed E-state index contributed by atoms with van der Waals surface area (Å²) in [4.78, 5) is 2.74. The number of nitrogens with one attached hydrogen (secondary N) is 1. The average Bonchev–Trinajstić information content (AvgIpc) is 2.44. The highest BCUT2D eigenvalue weighted by Gasteiger charge is 2.07. The van der Waals surface area contributed by atoms with Gasteiger partial charge in [-0.15, -0.1) is 11.3 Å². The Morgan fingerprint density at radius 1 is 1.38 bits per heavy atom. The topological polar surface area (TPSA) is 32.3 Å². The molecule has 1 rings (SSSR count). The summed E-state index contributed by atoms with van der Waals surface area (Å²) in [5, 5.41) is 13.0. The fourth-order valence-electron chi connectivity index (χ4n) is 1.86. The number of rotatable bonds is 6. The molecular weight excluding hydrogens is 218 g/mol. The monoisotopic (exact) mass is 241 g/mol. The van der Waals surface area contributed by atoms with Crippen LogP contribution in [0.1, 0.15) is 35.6 Å². The summed E-state index contributed by atoms with van der Waals surface area (Å²) in [5.74, 6) is 0.557. The molecule has 2 N–H and O–H groups in total. The van der Waals surface area contributed by atoms with Gasteiger partial charge in [0.15, 0.2) is 0 Å².